The second-order valence-electron chi connectivity index (χ2n) is 6.80. The van der Waals surface area contributed by atoms with Crippen molar-refractivity contribution in [2.24, 2.45) is 5.92 Å². The zero-order chi connectivity index (χ0) is 20.2. The molecule has 2 amide bonds. The standard InChI is InChI=1S/C21H21N5O3/c1-29-18-5-2-4-17(11-18)25-14-16(10-20(25)27)21(28)23-13-15-6-7-19(22-12-15)26-9-3-8-24-26/h2-9,11-12,16H,10,13-14H2,1H3,(H,23,28). The number of nitrogens with one attached hydrogen (secondary N) is 1. The number of carbonyl (C=O) groups is 2. The predicted octanol–water partition coefficient (Wildman–Crippen LogP) is 1.95. The molecule has 1 N–H and O–H groups in total. The molecule has 29 heavy (non-hydrogen) atoms. The molecular formula is C21H21N5O3. The minimum Gasteiger partial charge on any atom is -0.497 e. The van der Waals surface area contributed by atoms with Crippen molar-refractivity contribution >= 4 is 17.5 Å². The van der Waals surface area contributed by atoms with Gasteiger partial charge in [0.15, 0.2) is 5.82 Å². The third kappa shape index (κ3) is 4.11. The van der Waals surface area contributed by atoms with Gasteiger partial charge in [-0.25, -0.2) is 9.67 Å². The lowest BCUT2D eigenvalue weighted by molar-refractivity contribution is -0.126. The molecule has 0 bridgehead atoms. The molecule has 1 aliphatic rings. The first-order valence-electron chi connectivity index (χ1n) is 9.31. The molecule has 0 radical (unpaired) electrons. The van der Waals surface area contributed by atoms with Crippen molar-refractivity contribution in [2.75, 3.05) is 18.6 Å². The maximum Gasteiger partial charge on any atom is 0.227 e. The molecule has 3 heterocycles. The minimum atomic E-state index is -0.384. The molecule has 1 atom stereocenters. The number of rotatable bonds is 6. The monoisotopic (exact) mass is 391 g/mol. The summed E-state index contributed by atoms with van der Waals surface area (Å²) in [6.07, 6.45) is 5.40. The Morgan fingerprint density at radius 2 is 2.17 bits per heavy atom. The van der Waals surface area contributed by atoms with Crippen LogP contribution < -0.4 is 15.0 Å². The second kappa shape index (κ2) is 8.14. The molecular weight excluding hydrogens is 370 g/mol. The number of benzene rings is 1. The highest BCUT2D eigenvalue weighted by atomic mass is 16.5. The van der Waals surface area contributed by atoms with Crippen molar-refractivity contribution in [1.29, 1.82) is 0 Å². The maximum absolute atomic E-state index is 12.6. The molecule has 8 heteroatoms. The van der Waals surface area contributed by atoms with Crippen LogP contribution in [0.3, 0.4) is 0 Å². The van der Waals surface area contributed by atoms with Crippen LogP contribution in [0.4, 0.5) is 5.69 Å². The van der Waals surface area contributed by atoms with Gasteiger partial charge in [0.2, 0.25) is 11.8 Å². The first-order valence-corrected chi connectivity index (χ1v) is 9.31. The fraction of sp³-hybridized carbons (Fsp3) is 0.238. The van der Waals surface area contributed by atoms with Gasteiger partial charge in [0, 0.05) is 49.9 Å². The number of aromatic nitrogens is 3. The van der Waals surface area contributed by atoms with Gasteiger partial charge in [0.05, 0.1) is 13.0 Å². The molecule has 0 spiro atoms. The topological polar surface area (TPSA) is 89.3 Å². The number of pyridine rings is 1. The van der Waals surface area contributed by atoms with Crippen LogP contribution in [-0.2, 0) is 16.1 Å². The Bertz CT molecular complexity index is 1000. The Balaban J connectivity index is 1.35. The third-order valence-electron chi connectivity index (χ3n) is 4.88. The predicted molar refractivity (Wildman–Crippen MR) is 107 cm³/mol. The van der Waals surface area contributed by atoms with Crippen LogP contribution in [0.15, 0.2) is 61.1 Å². The second-order valence-corrected chi connectivity index (χ2v) is 6.80. The van der Waals surface area contributed by atoms with E-state index in [1.807, 2.05) is 42.6 Å². The quantitative estimate of drug-likeness (QED) is 0.694. The average Bonchev–Trinajstić information content (AvgIpc) is 3.42. The van der Waals surface area contributed by atoms with Crippen molar-refractivity contribution < 1.29 is 14.3 Å². The SMILES string of the molecule is COc1cccc(N2CC(C(=O)NCc3ccc(-n4cccn4)nc3)CC2=O)c1. The van der Waals surface area contributed by atoms with Crippen LogP contribution in [0.2, 0.25) is 0 Å². The van der Waals surface area contributed by atoms with Crippen molar-refractivity contribution in [3.05, 3.63) is 66.6 Å². The normalized spacial score (nSPS) is 16.1. The average molecular weight is 391 g/mol. The fourth-order valence-electron chi connectivity index (χ4n) is 3.31. The molecule has 3 aromatic rings. The van der Waals surface area contributed by atoms with Crippen LogP contribution in [-0.4, -0.2) is 40.2 Å². The summed E-state index contributed by atoms with van der Waals surface area (Å²) in [5, 5.41) is 7.04. The molecule has 1 aromatic carbocycles. The van der Waals surface area contributed by atoms with Gasteiger partial charge in [-0.3, -0.25) is 9.59 Å². The summed E-state index contributed by atoms with van der Waals surface area (Å²) >= 11 is 0. The Hall–Kier alpha value is -3.68. The molecule has 2 aromatic heterocycles. The van der Waals surface area contributed by atoms with Crippen molar-refractivity contribution in [3.8, 4) is 11.6 Å². The smallest absolute Gasteiger partial charge is 0.227 e. The number of anilines is 1. The zero-order valence-corrected chi connectivity index (χ0v) is 16.0. The number of nitrogens with zero attached hydrogens (tertiary/aromatic N) is 4. The van der Waals surface area contributed by atoms with Gasteiger partial charge in [-0.2, -0.15) is 5.10 Å². The molecule has 148 valence electrons. The summed E-state index contributed by atoms with van der Waals surface area (Å²) in [6.45, 7) is 0.712. The highest BCUT2D eigenvalue weighted by Gasteiger charge is 2.35. The largest absolute Gasteiger partial charge is 0.497 e. The van der Waals surface area contributed by atoms with E-state index >= 15 is 0 Å². The van der Waals surface area contributed by atoms with E-state index in [0.717, 1.165) is 11.3 Å². The lowest BCUT2D eigenvalue weighted by Crippen LogP contribution is -2.32. The fourth-order valence-corrected chi connectivity index (χ4v) is 3.31. The lowest BCUT2D eigenvalue weighted by atomic mass is 10.1. The summed E-state index contributed by atoms with van der Waals surface area (Å²) in [5.41, 5.74) is 1.62. The Morgan fingerprint density at radius 3 is 2.90 bits per heavy atom. The number of carbonyl (C=O) groups excluding carboxylic acids is 2. The van der Waals surface area contributed by atoms with E-state index in [-0.39, 0.29) is 24.2 Å². The Labute approximate surface area is 168 Å². The van der Waals surface area contributed by atoms with Crippen molar-refractivity contribution in [3.63, 3.8) is 0 Å². The molecule has 8 nitrogen and oxygen atoms in total. The van der Waals surface area contributed by atoms with Gasteiger partial charge in [-0.1, -0.05) is 12.1 Å². The van der Waals surface area contributed by atoms with Crippen LogP contribution >= 0.6 is 0 Å². The minimum absolute atomic E-state index is 0.0661. The van der Waals surface area contributed by atoms with E-state index in [2.05, 4.69) is 15.4 Å². The lowest BCUT2D eigenvalue weighted by Gasteiger charge is -2.17. The molecule has 0 aliphatic carbocycles. The summed E-state index contributed by atoms with van der Waals surface area (Å²) in [7, 11) is 1.58. The highest BCUT2D eigenvalue weighted by molar-refractivity contribution is 6.00. The van der Waals surface area contributed by atoms with E-state index in [9.17, 15) is 9.59 Å². The van der Waals surface area contributed by atoms with Crippen molar-refractivity contribution in [1.82, 2.24) is 20.1 Å². The Kier molecular flexibility index (Phi) is 5.24. The Morgan fingerprint density at radius 1 is 1.28 bits per heavy atom. The molecule has 1 fully saturated rings. The zero-order valence-electron chi connectivity index (χ0n) is 16.0. The van der Waals surface area contributed by atoms with Gasteiger partial charge < -0.3 is 15.0 Å². The van der Waals surface area contributed by atoms with E-state index < -0.39 is 0 Å². The number of hydrogen-bond acceptors (Lipinski definition) is 5. The van der Waals surface area contributed by atoms with Gasteiger partial charge in [-0.15, -0.1) is 0 Å². The molecule has 1 saturated heterocycles. The number of ether oxygens (including phenoxy) is 1. The van der Waals surface area contributed by atoms with Crippen LogP contribution in [0.5, 0.6) is 5.75 Å². The van der Waals surface area contributed by atoms with E-state index in [0.29, 0.717) is 24.7 Å². The first-order chi connectivity index (χ1) is 14.1. The van der Waals surface area contributed by atoms with Crippen molar-refractivity contribution in [2.45, 2.75) is 13.0 Å². The number of amides is 2. The highest BCUT2D eigenvalue weighted by Crippen LogP contribution is 2.28. The van der Waals surface area contributed by atoms with Crippen LogP contribution in [0.25, 0.3) is 5.82 Å². The third-order valence-corrected chi connectivity index (χ3v) is 4.88. The van der Waals surface area contributed by atoms with Crippen LogP contribution in [0.1, 0.15) is 12.0 Å². The first kappa shape index (κ1) is 18.7. The summed E-state index contributed by atoms with van der Waals surface area (Å²) in [6, 6.07) is 12.9. The molecule has 4 rings (SSSR count). The number of hydrogen-bond donors (Lipinski definition) is 1. The van der Waals surface area contributed by atoms with Gasteiger partial charge in [-0.05, 0) is 29.8 Å². The van der Waals surface area contributed by atoms with E-state index in [1.54, 1.807) is 35.2 Å². The molecule has 1 unspecified atom stereocenters. The van der Waals surface area contributed by atoms with Gasteiger partial charge in [0.1, 0.15) is 5.75 Å². The summed E-state index contributed by atoms with van der Waals surface area (Å²) in [5.74, 6) is 0.795. The molecule has 0 saturated carbocycles. The molecule has 1 aliphatic heterocycles. The van der Waals surface area contributed by atoms with Crippen LogP contribution in [0, 0.1) is 5.92 Å². The van der Waals surface area contributed by atoms with Gasteiger partial charge in [0.25, 0.3) is 0 Å². The maximum atomic E-state index is 12.6. The van der Waals surface area contributed by atoms with E-state index in [1.165, 1.54) is 0 Å². The summed E-state index contributed by atoms with van der Waals surface area (Å²) < 4.78 is 6.88. The number of methoxy groups -OCH3 is 1. The van der Waals surface area contributed by atoms with E-state index in [4.69, 9.17) is 4.74 Å². The summed E-state index contributed by atoms with van der Waals surface area (Å²) in [4.78, 5) is 31.0. The van der Waals surface area contributed by atoms with Gasteiger partial charge >= 0.3 is 0 Å².